The maximum atomic E-state index is 13.2. The quantitative estimate of drug-likeness (QED) is 0.750. The molecule has 0 radical (unpaired) electrons. The first kappa shape index (κ1) is 22.3. The van der Waals surface area contributed by atoms with Crippen LogP contribution in [0.2, 0.25) is 0 Å². The number of carbonyl (C=O) groups is 2. The maximum Gasteiger partial charge on any atom is 0.243 e. The van der Waals surface area contributed by atoms with Gasteiger partial charge in [0.1, 0.15) is 0 Å². The lowest BCUT2D eigenvalue weighted by Crippen LogP contribution is -2.35. The van der Waals surface area contributed by atoms with Gasteiger partial charge in [-0.15, -0.1) is 0 Å². The number of hydrogen-bond donors (Lipinski definition) is 1. The molecule has 31 heavy (non-hydrogen) atoms. The number of likely N-dealkylation sites (tertiary alicyclic amines) is 1. The molecule has 1 N–H and O–H groups in total. The average Bonchev–Trinajstić information content (AvgIpc) is 3.31. The van der Waals surface area contributed by atoms with Crippen LogP contribution in [0, 0.1) is 12.8 Å². The Labute approximate surface area is 185 Å². The van der Waals surface area contributed by atoms with Crippen molar-refractivity contribution in [2.45, 2.75) is 75.6 Å². The van der Waals surface area contributed by atoms with Gasteiger partial charge in [-0.05, 0) is 50.3 Å². The molecule has 0 bridgehead atoms. The van der Waals surface area contributed by atoms with Crippen molar-refractivity contribution in [1.82, 2.24) is 9.21 Å². The monoisotopic (exact) mass is 447 g/mol. The normalized spacial score (nSPS) is 23.8. The highest BCUT2D eigenvalue weighted by Gasteiger charge is 2.38. The van der Waals surface area contributed by atoms with Crippen molar-refractivity contribution < 1.29 is 18.0 Å². The van der Waals surface area contributed by atoms with Crippen LogP contribution in [0.1, 0.15) is 63.4 Å². The zero-order valence-electron chi connectivity index (χ0n) is 18.3. The Morgan fingerprint density at radius 2 is 1.71 bits per heavy atom. The summed E-state index contributed by atoms with van der Waals surface area (Å²) in [4.78, 5) is 27.4. The van der Waals surface area contributed by atoms with Gasteiger partial charge in [0.2, 0.25) is 21.8 Å². The molecule has 1 aromatic carbocycles. The Bertz CT molecular complexity index is 932. The van der Waals surface area contributed by atoms with Crippen molar-refractivity contribution in [3.05, 3.63) is 23.8 Å². The van der Waals surface area contributed by atoms with Crippen LogP contribution < -0.4 is 5.32 Å². The fourth-order valence-electron chi connectivity index (χ4n) is 5.10. The predicted molar refractivity (Wildman–Crippen MR) is 119 cm³/mol. The SMILES string of the molecule is Cc1ccc(NC(=O)C2CC(=O)N(C3CCCC3)C2)cc1S(=O)(=O)N1CCCCCC1. The highest BCUT2D eigenvalue weighted by Crippen LogP contribution is 2.31. The molecule has 2 aliphatic heterocycles. The van der Waals surface area contributed by atoms with Gasteiger partial charge in [0, 0.05) is 37.8 Å². The number of amides is 2. The molecule has 2 saturated heterocycles. The van der Waals surface area contributed by atoms with Crippen LogP contribution in [0.25, 0.3) is 0 Å². The first-order valence-corrected chi connectivity index (χ1v) is 13.0. The van der Waals surface area contributed by atoms with Gasteiger partial charge >= 0.3 is 0 Å². The summed E-state index contributed by atoms with van der Waals surface area (Å²) in [6, 6.07) is 5.32. The van der Waals surface area contributed by atoms with Crippen LogP contribution >= 0.6 is 0 Å². The van der Waals surface area contributed by atoms with E-state index in [1.54, 1.807) is 29.4 Å². The molecule has 1 unspecified atom stereocenters. The molecule has 1 aromatic rings. The van der Waals surface area contributed by atoms with E-state index in [0.717, 1.165) is 51.4 Å². The zero-order chi connectivity index (χ0) is 22.0. The molecular formula is C23H33N3O4S. The smallest absolute Gasteiger partial charge is 0.243 e. The molecule has 2 heterocycles. The summed E-state index contributed by atoms with van der Waals surface area (Å²) in [5, 5.41) is 2.87. The lowest BCUT2D eigenvalue weighted by molar-refractivity contribution is -0.129. The molecule has 4 rings (SSSR count). The molecule has 8 heteroatoms. The van der Waals surface area contributed by atoms with Gasteiger partial charge in [-0.25, -0.2) is 8.42 Å². The molecule has 1 atom stereocenters. The van der Waals surface area contributed by atoms with E-state index in [2.05, 4.69) is 5.32 Å². The zero-order valence-corrected chi connectivity index (χ0v) is 19.1. The van der Waals surface area contributed by atoms with Gasteiger partial charge in [0.05, 0.1) is 10.8 Å². The minimum atomic E-state index is -3.60. The number of carbonyl (C=O) groups excluding carboxylic acids is 2. The van der Waals surface area contributed by atoms with Crippen LogP contribution in [0.3, 0.4) is 0 Å². The molecular weight excluding hydrogens is 414 g/mol. The topological polar surface area (TPSA) is 86.8 Å². The lowest BCUT2D eigenvalue weighted by Gasteiger charge is -2.24. The first-order valence-electron chi connectivity index (χ1n) is 11.6. The third-order valence-corrected chi connectivity index (χ3v) is 8.97. The highest BCUT2D eigenvalue weighted by atomic mass is 32.2. The number of rotatable bonds is 5. The van der Waals surface area contributed by atoms with E-state index in [0.29, 0.717) is 30.9 Å². The molecule has 7 nitrogen and oxygen atoms in total. The van der Waals surface area contributed by atoms with E-state index in [1.165, 1.54) is 0 Å². The summed E-state index contributed by atoms with van der Waals surface area (Å²) in [5.74, 6) is -0.545. The Balaban J connectivity index is 1.47. The Kier molecular flexibility index (Phi) is 6.67. The first-order chi connectivity index (χ1) is 14.9. The van der Waals surface area contributed by atoms with E-state index in [-0.39, 0.29) is 35.1 Å². The number of aryl methyl sites for hydroxylation is 1. The number of hydrogen-bond acceptors (Lipinski definition) is 4. The molecule has 0 aromatic heterocycles. The summed E-state index contributed by atoms with van der Waals surface area (Å²) < 4.78 is 28.1. The fraction of sp³-hybridized carbons (Fsp3) is 0.652. The summed E-state index contributed by atoms with van der Waals surface area (Å²) in [6.07, 6.45) is 8.42. The van der Waals surface area contributed by atoms with Crippen molar-refractivity contribution >= 4 is 27.5 Å². The van der Waals surface area contributed by atoms with E-state index in [4.69, 9.17) is 0 Å². The second-order valence-corrected chi connectivity index (χ2v) is 11.1. The fourth-order valence-corrected chi connectivity index (χ4v) is 6.87. The third kappa shape index (κ3) is 4.80. The Morgan fingerprint density at radius 1 is 1.03 bits per heavy atom. The van der Waals surface area contributed by atoms with E-state index < -0.39 is 10.0 Å². The number of sulfonamides is 1. The summed E-state index contributed by atoms with van der Waals surface area (Å²) >= 11 is 0. The molecule has 1 saturated carbocycles. The number of nitrogens with zero attached hydrogens (tertiary/aromatic N) is 2. The molecule has 3 fully saturated rings. The lowest BCUT2D eigenvalue weighted by atomic mass is 10.1. The molecule has 170 valence electrons. The van der Waals surface area contributed by atoms with Crippen molar-refractivity contribution in [2.24, 2.45) is 5.92 Å². The highest BCUT2D eigenvalue weighted by molar-refractivity contribution is 7.89. The molecule has 2 amide bonds. The number of nitrogens with one attached hydrogen (secondary N) is 1. The van der Waals surface area contributed by atoms with Gasteiger partial charge in [-0.2, -0.15) is 4.31 Å². The second kappa shape index (κ2) is 9.28. The van der Waals surface area contributed by atoms with Gasteiger partial charge < -0.3 is 10.2 Å². The Hall–Kier alpha value is -1.93. The van der Waals surface area contributed by atoms with Crippen LogP contribution in [0.15, 0.2) is 23.1 Å². The molecule has 1 aliphatic carbocycles. The van der Waals surface area contributed by atoms with Gasteiger partial charge in [0.25, 0.3) is 0 Å². The Morgan fingerprint density at radius 3 is 2.39 bits per heavy atom. The summed E-state index contributed by atoms with van der Waals surface area (Å²) in [6.45, 7) is 3.32. The van der Waals surface area contributed by atoms with Gasteiger partial charge in [0.15, 0.2) is 0 Å². The third-order valence-electron chi connectivity index (χ3n) is 6.93. The van der Waals surface area contributed by atoms with Crippen molar-refractivity contribution in [3.8, 4) is 0 Å². The van der Waals surface area contributed by atoms with Crippen molar-refractivity contribution in [3.63, 3.8) is 0 Å². The molecule has 0 spiro atoms. The maximum absolute atomic E-state index is 13.2. The van der Waals surface area contributed by atoms with Crippen LogP contribution in [-0.4, -0.2) is 55.1 Å². The van der Waals surface area contributed by atoms with Gasteiger partial charge in [-0.1, -0.05) is 31.7 Å². The standard InChI is InChI=1S/C23H33N3O4S/c1-17-10-11-19(15-21(17)31(29,30)25-12-6-2-3-7-13-25)24-23(28)18-14-22(27)26(16-18)20-8-4-5-9-20/h10-11,15,18,20H,2-9,12-14,16H2,1H3,(H,24,28). The van der Waals surface area contributed by atoms with Gasteiger partial charge in [-0.3, -0.25) is 9.59 Å². The summed E-state index contributed by atoms with van der Waals surface area (Å²) in [7, 11) is -3.60. The van der Waals surface area contributed by atoms with Crippen LogP contribution in [0.4, 0.5) is 5.69 Å². The summed E-state index contributed by atoms with van der Waals surface area (Å²) in [5.41, 5.74) is 1.14. The van der Waals surface area contributed by atoms with Crippen molar-refractivity contribution in [2.75, 3.05) is 25.0 Å². The average molecular weight is 448 g/mol. The van der Waals surface area contributed by atoms with Crippen molar-refractivity contribution in [1.29, 1.82) is 0 Å². The second-order valence-electron chi connectivity index (χ2n) is 9.17. The predicted octanol–water partition coefficient (Wildman–Crippen LogP) is 3.29. The largest absolute Gasteiger partial charge is 0.339 e. The van der Waals surface area contributed by atoms with E-state index in [1.807, 2.05) is 4.90 Å². The minimum Gasteiger partial charge on any atom is -0.339 e. The molecule has 3 aliphatic rings. The number of benzene rings is 1. The van der Waals surface area contributed by atoms with E-state index >= 15 is 0 Å². The van der Waals surface area contributed by atoms with Crippen LogP contribution in [0.5, 0.6) is 0 Å². The van der Waals surface area contributed by atoms with E-state index in [9.17, 15) is 18.0 Å². The minimum absolute atomic E-state index is 0.0559. The number of anilines is 1. The van der Waals surface area contributed by atoms with Crippen LogP contribution in [-0.2, 0) is 19.6 Å².